The summed E-state index contributed by atoms with van der Waals surface area (Å²) in [6, 6.07) is 7.19. The number of rotatable bonds is 2. The van der Waals surface area contributed by atoms with Crippen LogP contribution in [0.3, 0.4) is 0 Å². The lowest BCUT2D eigenvalue weighted by molar-refractivity contribution is 0.477. The molecule has 0 aliphatic carbocycles. The fourth-order valence-electron chi connectivity index (χ4n) is 1.32. The molecule has 0 radical (unpaired) electrons. The van der Waals surface area contributed by atoms with E-state index in [4.69, 9.17) is 0 Å². The largest absolute Gasteiger partial charge is 0.507 e. The Bertz CT molecular complexity index is 439. The Morgan fingerprint density at radius 3 is 2.86 bits per heavy atom. The third-order valence-corrected chi connectivity index (χ3v) is 2.90. The first kappa shape index (κ1) is 9.15. The number of phenolic OH excluding ortho intramolecular Hbond substituents is 1. The topological polar surface area (TPSA) is 46.0 Å². The van der Waals surface area contributed by atoms with Crippen molar-refractivity contribution in [3.63, 3.8) is 0 Å². The number of nitrogens with zero attached hydrogens (tertiary/aromatic N) is 2. The molecule has 0 saturated carbocycles. The average Bonchev–Trinajstić information content (AvgIpc) is 2.66. The van der Waals surface area contributed by atoms with E-state index in [9.17, 15) is 5.11 Å². The van der Waals surface area contributed by atoms with Crippen LogP contribution in [-0.4, -0.2) is 14.7 Å². The summed E-state index contributed by atoms with van der Waals surface area (Å²) in [7, 11) is 0. The maximum atomic E-state index is 9.64. The Morgan fingerprint density at radius 1 is 1.36 bits per heavy atom. The number of aromatic nitrogens is 2. The van der Waals surface area contributed by atoms with Gasteiger partial charge >= 0.3 is 0 Å². The number of aromatic hydroxyl groups is 1. The van der Waals surface area contributed by atoms with Gasteiger partial charge in [0.15, 0.2) is 0 Å². The second-order valence-electron chi connectivity index (χ2n) is 2.92. The van der Waals surface area contributed by atoms with Gasteiger partial charge in [-0.05, 0) is 30.1 Å². The summed E-state index contributed by atoms with van der Waals surface area (Å²) in [6.07, 6.45) is 0.890. The van der Waals surface area contributed by atoms with E-state index in [1.165, 1.54) is 11.5 Å². The Kier molecular flexibility index (Phi) is 2.45. The number of benzene rings is 1. The van der Waals surface area contributed by atoms with Crippen LogP contribution in [0.4, 0.5) is 0 Å². The van der Waals surface area contributed by atoms with E-state index < -0.39 is 0 Å². The van der Waals surface area contributed by atoms with Crippen LogP contribution in [0.2, 0.25) is 0 Å². The lowest BCUT2D eigenvalue weighted by atomic mass is 10.1. The number of aryl methyl sites for hydroxylation is 1. The van der Waals surface area contributed by atoms with E-state index in [2.05, 4.69) is 16.5 Å². The van der Waals surface area contributed by atoms with Crippen LogP contribution in [-0.2, 0) is 6.42 Å². The zero-order chi connectivity index (χ0) is 9.97. The first-order valence-electron chi connectivity index (χ1n) is 4.42. The van der Waals surface area contributed by atoms with Gasteiger partial charge in [0, 0.05) is 5.56 Å². The highest BCUT2D eigenvalue weighted by molar-refractivity contribution is 7.05. The van der Waals surface area contributed by atoms with Gasteiger partial charge in [0.25, 0.3) is 0 Å². The molecule has 4 heteroatoms. The van der Waals surface area contributed by atoms with Crippen LogP contribution in [0.15, 0.2) is 24.3 Å². The van der Waals surface area contributed by atoms with Gasteiger partial charge in [-0.3, -0.25) is 0 Å². The van der Waals surface area contributed by atoms with Crippen molar-refractivity contribution in [3.05, 3.63) is 29.1 Å². The minimum atomic E-state index is 0.259. The minimum absolute atomic E-state index is 0.259. The third kappa shape index (κ3) is 1.48. The minimum Gasteiger partial charge on any atom is -0.507 e. The summed E-state index contributed by atoms with van der Waals surface area (Å²) in [5, 5.41) is 13.7. The second kappa shape index (κ2) is 3.75. The van der Waals surface area contributed by atoms with Crippen LogP contribution >= 0.6 is 11.5 Å². The first-order chi connectivity index (χ1) is 6.83. The van der Waals surface area contributed by atoms with Gasteiger partial charge in [-0.1, -0.05) is 23.5 Å². The Balaban J connectivity index is 2.54. The summed E-state index contributed by atoms with van der Waals surface area (Å²) in [5.41, 5.74) is 1.56. The molecule has 1 aromatic carbocycles. The van der Waals surface area contributed by atoms with Crippen molar-refractivity contribution in [2.24, 2.45) is 0 Å². The van der Waals surface area contributed by atoms with Crippen LogP contribution in [0, 0.1) is 0 Å². The van der Waals surface area contributed by atoms with Crippen molar-refractivity contribution in [2.75, 3.05) is 0 Å². The zero-order valence-corrected chi connectivity index (χ0v) is 8.58. The molecule has 0 amide bonds. The molecule has 0 unspecified atom stereocenters. The molecule has 1 heterocycles. The molecule has 0 atom stereocenters. The van der Waals surface area contributed by atoms with Gasteiger partial charge in [-0.2, -0.15) is 0 Å². The first-order valence-corrected chi connectivity index (χ1v) is 5.20. The maximum absolute atomic E-state index is 9.64. The van der Waals surface area contributed by atoms with Crippen molar-refractivity contribution in [2.45, 2.75) is 13.3 Å². The Hall–Kier alpha value is -1.42. The van der Waals surface area contributed by atoms with Crippen LogP contribution in [0.25, 0.3) is 11.3 Å². The molecule has 14 heavy (non-hydrogen) atoms. The van der Waals surface area contributed by atoms with Crippen molar-refractivity contribution >= 4 is 11.5 Å². The Morgan fingerprint density at radius 2 is 2.14 bits per heavy atom. The van der Waals surface area contributed by atoms with E-state index in [1.54, 1.807) is 12.1 Å². The number of para-hydroxylation sites is 1. The van der Waals surface area contributed by atoms with Crippen LogP contribution < -0.4 is 0 Å². The van der Waals surface area contributed by atoms with Crippen molar-refractivity contribution in [1.82, 2.24) is 9.59 Å². The summed E-state index contributed by atoms with van der Waals surface area (Å²) < 4.78 is 3.89. The zero-order valence-electron chi connectivity index (χ0n) is 7.77. The van der Waals surface area contributed by atoms with Gasteiger partial charge < -0.3 is 5.11 Å². The molecule has 2 aromatic rings. The van der Waals surface area contributed by atoms with E-state index in [-0.39, 0.29) is 5.75 Å². The van der Waals surface area contributed by atoms with Crippen LogP contribution in [0.5, 0.6) is 5.75 Å². The quantitative estimate of drug-likeness (QED) is 0.821. The molecule has 72 valence electrons. The van der Waals surface area contributed by atoms with Crippen molar-refractivity contribution in [3.8, 4) is 17.0 Å². The molecule has 1 aromatic heterocycles. The number of hydrogen-bond donors (Lipinski definition) is 1. The molecule has 1 N–H and O–H groups in total. The summed E-state index contributed by atoms with van der Waals surface area (Å²) in [6.45, 7) is 2.05. The molecule has 0 aliphatic rings. The number of phenols is 1. The fourth-order valence-corrected chi connectivity index (χ4v) is 1.91. The van der Waals surface area contributed by atoms with Gasteiger partial charge in [0.05, 0.1) is 4.88 Å². The van der Waals surface area contributed by atoms with E-state index in [0.29, 0.717) is 0 Å². The molecule has 0 fully saturated rings. The molecular formula is C10H10N2OS. The van der Waals surface area contributed by atoms with Crippen molar-refractivity contribution < 1.29 is 5.11 Å². The monoisotopic (exact) mass is 206 g/mol. The lowest BCUT2D eigenvalue weighted by Crippen LogP contribution is -1.84. The molecule has 0 bridgehead atoms. The fraction of sp³-hybridized carbons (Fsp3) is 0.200. The molecule has 0 aliphatic heterocycles. The van der Waals surface area contributed by atoms with E-state index >= 15 is 0 Å². The van der Waals surface area contributed by atoms with E-state index in [0.717, 1.165) is 22.6 Å². The lowest BCUT2D eigenvalue weighted by Gasteiger charge is -2.01. The summed E-state index contributed by atoms with van der Waals surface area (Å²) in [4.78, 5) is 1.10. The third-order valence-electron chi connectivity index (χ3n) is 2.04. The van der Waals surface area contributed by atoms with Gasteiger partial charge in [0.2, 0.25) is 0 Å². The molecule has 0 saturated heterocycles. The average molecular weight is 206 g/mol. The molecular weight excluding hydrogens is 196 g/mol. The van der Waals surface area contributed by atoms with E-state index in [1.807, 2.05) is 12.1 Å². The highest BCUT2D eigenvalue weighted by Crippen LogP contribution is 2.30. The standard InChI is InChI=1S/C10H10N2OS/c1-2-9-10(11-12-14-9)7-5-3-4-6-8(7)13/h3-6,13H,2H2,1H3. The normalized spacial score (nSPS) is 10.4. The Labute approximate surface area is 86.2 Å². The van der Waals surface area contributed by atoms with Crippen LogP contribution in [0.1, 0.15) is 11.8 Å². The predicted molar refractivity (Wildman–Crippen MR) is 56.4 cm³/mol. The van der Waals surface area contributed by atoms with Gasteiger partial charge in [-0.25, -0.2) is 0 Å². The highest BCUT2D eigenvalue weighted by atomic mass is 32.1. The SMILES string of the molecule is CCc1snnc1-c1ccccc1O. The number of hydrogen-bond acceptors (Lipinski definition) is 4. The van der Waals surface area contributed by atoms with Crippen molar-refractivity contribution in [1.29, 1.82) is 0 Å². The second-order valence-corrected chi connectivity index (χ2v) is 3.75. The van der Waals surface area contributed by atoms with Gasteiger partial charge in [-0.15, -0.1) is 5.10 Å². The van der Waals surface area contributed by atoms with Gasteiger partial charge in [0.1, 0.15) is 11.4 Å². The summed E-state index contributed by atoms with van der Waals surface area (Å²) >= 11 is 1.38. The maximum Gasteiger partial charge on any atom is 0.125 e. The summed E-state index contributed by atoms with van der Waals surface area (Å²) in [5.74, 6) is 0.259. The molecule has 2 rings (SSSR count). The predicted octanol–water partition coefficient (Wildman–Crippen LogP) is 2.47. The molecule has 3 nitrogen and oxygen atoms in total. The highest BCUT2D eigenvalue weighted by Gasteiger charge is 2.11. The smallest absolute Gasteiger partial charge is 0.125 e. The molecule has 0 spiro atoms.